The molecule has 4 rings (SSSR count). The SMILES string of the molecule is CC(C)c1n[nH]c([C@@H]2CN(C(=O)Cn3cccn3)C[C@H]2C2CC2)n1. The number of hydrogen-bond acceptors (Lipinski definition) is 4. The van der Waals surface area contributed by atoms with Crippen LogP contribution in [-0.2, 0) is 11.3 Å². The zero-order valence-electron chi connectivity index (χ0n) is 14.2. The molecule has 1 aliphatic heterocycles. The lowest BCUT2D eigenvalue weighted by Crippen LogP contribution is -2.32. The van der Waals surface area contributed by atoms with Crippen LogP contribution in [0, 0.1) is 11.8 Å². The first-order valence-corrected chi connectivity index (χ1v) is 8.79. The lowest BCUT2D eigenvalue weighted by atomic mass is 9.91. The molecule has 0 aromatic carbocycles. The fraction of sp³-hybridized carbons (Fsp3) is 0.647. The van der Waals surface area contributed by atoms with Crippen molar-refractivity contribution in [1.82, 2.24) is 29.9 Å². The van der Waals surface area contributed by atoms with Crippen LogP contribution < -0.4 is 0 Å². The van der Waals surface area contributed by atoms with Crippen molar-refractivity contribution in [3.8, 4) is 0 Å². The molecule has 1 amide bonds. The Morgan fingerprint density at radius 3 is 2.83 bits per heavy atom. The molecule has 2 fully saturated rings. The first-order valence-electron chi connectivity index (χ1n) is 8.79. The number of hydrogen-bond donors (Lipinski definition) is 1. The number of rotatable bonds is 5. The fourth-order valence-electron chi connectivity index (χ4n) is 3.67. The second-order valence-corrected chi connectivity index (χ2v) is 7.34. The van der Waals surface area contributed by atoms with Gasteiger partial charge in [-0.25, -0.2) is 4.98 Å². The van der Waals surface area contributed by atoms with Crippen LogP contribution in [0.2, 0.25) is 0 Å². The molecule has 128 valence electrons. The van der Waals surface area contributed by atoms with Crippen LogP contribution in [-0.4, -0.2) is 48.9 Å². The van der Waals surface area contributed by atoms with Crippen molar-refractivity contribution in [2.24, 2.45) is 11.8 Å². The Hall–Kier alpha value is -2.18. The minimum atomic E-state index is 0.135. The standard InChI is InChI=1S/C17H24N6O/c1-11(2)16-19-17(21-20-16)14-9-22(8-13(14)12-4-5-12)15(24)10-23-7-3-6-18-23/h3,6-7,11-14H,4-5,8-10H2,1-2H3,(H,19,20,21)/t13-,14+/m0/s1. The zero-order valence-corrected chi connectivity index (χ0v) is 14.2. The monoisotopic (exact) mass is 328 g/mol. The summed E-state index contributed by atoms with van der Waals surface area (Å²) in [5, 5.41) is 11.6. The number of amides is 1. The summed E-state index contributed by atoms with van der Waals surface area (Å²) in [6, 6.07) is 1.84. The maximum absolute atomic E-state index is 12.6. The average molecular weight is 328 g/mol. The second kappa shape index (κ2) is 6.03. The first kappa shape index (κ1) is 15.4. The van der Waals surface area contributed by atoms with Gasteiger partial charge in [-0.3, -0.25) is 14.6 Å². The molecule has 0 bridgehead atoms. The van der Waals surface area contributed by atoms with Gasteiger partial charge in [-0.15, -0.1) is 0 Å². The number of likely N-dealkylation sites (tertiary alicyclic amines) is 1. The second-order valence-electron chi connectivity index (χ2n) is 7.34. The molecule has 24 heavy (non-hydrogen) atoms. The summed E-state index contributed by atoms with van der Waals surface area (Å²) in [5.41, 5.74) is 0. The van der Waals surface area contributed by atoms with Crippen LogP contribution >= 0.6 is 0 Å². The van der Waals surface area contributed by atoms with Crippen molar-refractivity contribution < 1.29 is 4.79 Å². The highest BCUT2D eigenvalue weighted by molar-refractivity contribution is 5.76. The van der Waals surface area contributed by atoms with Gasteiger partial charge in [-0.2, -0.15) is 10.2 Å². The van der Waals surface area contributed by atoms with Crippen molar-refractivity contribution >= 4 is 5.91 Å². The molecule has 0 radical (unpaired) electrons. The van der Waals surface area contributed by atoms with Crippen LogP contribution in [0.25, 0.3) is 0 Å². The summed E-state index contributed by atoms with van der Waals surface area (Å²) < 4.78 is 1.69. The Balaban J connectivity index is 1.50. The van der Waals surface area contributed by atoms with Crippen molar-refractivity contribution in [2.45, 2.75) is 45.1 Å². The van der Waals surface area contributed by atoms with Gasteiger partial charge in [0.2, 0.25) is 5.91 Å². The van der Waals surface area contributed by atoms with E-state index >= 15 is 0 Å². The highest BCUT2D eigenvalue weighted by Crippen LogP contribution is 2.47. The van der Waals surface area contributed by atoms with E-state index in [-0.39, 0.29) is 11.8 Å². The molecule has 0 unspecified atom stereocenters. The third-order valence-electron chi connectivity index (χ3n) is 5.19. The van der Waals surface area contributed by atoms with Crippen molar-refractivity contribution in [3.05, 3.63) is 30.1 Å². The molecule has 7 heteroatoms. The number of aromatic amines is 1. The van der Waals surface area contributed by atoms with E-state index in [9.17, 15) is 4.79 Å². The number of aromatic nitrogens is 5. The molecule has 1 N–H and O–H groups in total. The minimum Gasteiger partial charge on any atom is -0.340 e. The summed E-state index contributed by atoms with van der Waals surface area (Å²) in [6.07, 6.45) is 6.07. The van der Waals surface area contributed by atoms with Gasteiger partial charge in [0.15, 0.2) is 5.82 Å². The molecule has 3 heterocycles. The van der Waals surface area contributed by atoms with E-state index in [1.807, 2.05) is 17.2 Å². The van der Waals surface area contributed by atoms with Crippen molar-refractivity contribution in [2.75, 3.05) is 13.1 Å². The van der Waals surface area contributed by atoms with Gasteiger partial charge in [-0.05, 0) is 30.7 Å². The van der Waals surface area contributed by atoms with Crippen LogP contribution in [0.4, 0.5) is 0 Å². The number of nitrogens with zero attached hydrogens (tertiary/aromatic N) is 5. The van der Waals surface area contributed by atoms with E-state index in [0.29, 0.717) is 18.4 Å². The number of nitrogens with one attached hydrogen (secondary N) is 1. The summed E-state index contributed by atoms with van der Waals surface area (Å²) in [5.74, 6) is 3.76. The van der Waals surface area contributed by atoms with E-state index < -0.39 is 0 Å². The largest absolute Gasteiger partial charge is 0.340 e. The third-order valence-corrected chi connectivity index (χ3v) is 5.19. The third kappa shape index (κ3) is 2.95. The van der Waals surface area contributed by atoms with Gasteiger partial charge in [0.25, 0.3) is 0 Å². The molecule has 2 aromatic rings. The minimum absolute atomic E-state index is 0.135. The molecule has 2 aromatic heterocycles. The Morgan fingerprint density at radius 1 is 1.38 bits per heavy atom. The molecule has 7 nitrogen and oxygen atoms in total. The van der Waals surface area contributed by atoms with E-state index in [4.69, 9.17) is 4.98 Å². The average Bonchev–Trinajstić information content (AvgIpc) is 2.99. The highest BCUT2D eigenvalue weighted by Gasteiger charge is 2.45. The number of H-pyrrole nitrogens is 1. The Morgan fingerprint density at radius 2 is 2.21 bits per heavy atom. The van der Waals surface area contributed by atoms with E-state index in [0.717, 1.165) is 30.7 Å². The van der Waals surface area contributed by atoms with Gasteiger partial charge in [-0.1, -0.05) is 13.8 Å². The number of carbonyl (C=O) groups is 1. The molecule has 2 aliphatic rings. The lowest BCUT2D eigenvalue weighted by Gasteiger charge is -2.16. The Labute approximate surface area is 141 Å². The zero-order chi connectivity index (χ0) is 16.7. The van der Waals surface area contributed by atoms with E-state index in [1.165, 1.54) is 12.8 Å². The van der Waals surface area contributed by atoms with E-state index in [1.54, 1.807) is 10.9 Å². The fourth-order valence-corrected chi connectivity index (χ4v) is 3.67. The first-order chi connectivity index (χ1) is 11.6. The van der Waals surface area contributed by atoms with Crippen LogP contribution in [0.3, 0.4) is 0 Å². The van der Waals surface area contributed by atoms with Crippen LogP contribution in [0.15, 0.2) is 18.5 Å². The van der Waals surface area contributed by atoms with Gasteiger partial charge >= 0.3 is 0 Å². The highest BCUT2D eigenvalue weighted by atomic mass is 16.2. The van der Waals surface area contributed by atoms with Crippen LogP contribution in [0.1, 0.15) is 50.2 Å². The topological polar surface area (TPSA) is 79.7 Å². The molecule has 0 spiro atoms. The Bertz CT molecular complexity index is 702. The summed E-state index contributed by atoms with van der Waals surface area (Å²) in [6.45, 7) is 6.06. The molecule has 1 aliphatic carbocycles. The van der Waals surface area contributed by atoms with Crippen LogP contribution in [0.5, 0.6) is 0 Å². The molecular formula is C17H24N6O. The molecule has 1 saturated carbocycles. The van der Waals surface area contributed by atoms with Gasteiger partial charge in [0.05, 0.1) is 0 Å². The number of carbonyl (C=O) groups excluding carboxylic acids is 1. The van der Waals surface area contributed by atoms with Crippen molar-refractivity contribution in [1.29, 1.82) is 0 Å². The normalized spacial score (nSPS) is 24.0. The van der Waals surface area contributed by atoms with Crippen molar-refractivity contribution in [3.63, 3.8) is 0 Å². The Kier molecular flexibility index (Phi) is 3.86. The van der Waals surface area contributed by atoms with Gasteiger partial charge < -0.3 is 4.90 Å². The molecule has 1 saturated heterocycles. The quantitative estimate of drug-likeness (QED) is 0.907. The summed E-state index contributed by atoms with van der Waals surface area (Å²) in [7, 11) is 0. The van der Waals surface area contributed by atoms with Gasteiger partial charge in [0.1, 0.15) is 12.4 Å². The lowest BCUT2D eigenvalue weighted by molar-refractivity contribution is -0.131. The maximum atomic E-state index is 12.6. The summed E-state index contributed by atoms with van der Waals surface area (Å²) >= 11 is 0. The maximum Gasteiger partial charge on any atom is 0.244 e. The predicted octanol–water partition coefficient (Wildman–Crippen LogP) is 1.78. The summed E-state index contributed by atoms with van der Waals surface area (Å²) in [4.78, 5) is 19.3. The van der Waals surface area contributed by atoms with E-state index in [2.05, 4.69) is 29.1 Å². The molecule has 2 atom stereocenters. The smallest absolute Gasteiger partial charge is 0.244 e. The predicted molar refractivity (Wildman–Crippen MR) is 88.2 cm³/mol. The molecular weight excluding hydrogens is 304 g/mol. The van der Waals surface area contributed by atoms with Gasteiger partial charge in [0, 0.05) is 37.3 Å².